The Morgan fingerprint density at radius 3 is 2.88 bits per heavy atom. The van der Waals surface area contributed by atoms with Crippen molar-refractivity contribution in [1.29, 1.82) is 0 Å². The molecule has 1 aliphatic heterocycles. The Kier molecular flexibility index (Phi) is 3.79. The number of hydrogen-bond acceptors (Lipinski definition) is 2. The van der Waals surface area contributed by atoms with Gasteiger partial charge in [-0.1, -0.05) is 11.6 Å². The van der Waals surface area contributed by atoms with Crippen molar-refractivity contribution in [2.45, 2.75) is 6.42 Å². The van der Waals surface area contributed by atoms with E-state index in [0.29, 0.717) is 35.3 Å². The lowest BCUT2D eigenvalue weighted by molar-refractivity contribution is -0.117. The number of anilines is 1. The highest BCUT2D eigenvalue weighted by Gasteiger charge is 2.31. The molecule has 5 heteroatoms. The Balaban J connectivity index is 2.30. The molecule has 0 bridgehead atoms. The van der Waals surface area contributed by atoms with Gasteiger partial charge in [0.05, 0.1) is 17.8 Å². The zero-order valence-electron chi connectivity index (χ0n) is 9.45. The second kappa shape index (κ2) is 5.15. The minimum absolute atomic E-state index is 0.0609. The van der Waals surface area contributed by atoms with Gasteiger partial charge in [-0.05, 0) is 18.1 Å². The smallest absolute Gasteiger partial charge is 0.227 e. The van der Waals surface area contributed by atoms with Gasteiger partial charge in [-0.3, -0.25) is 4.79 Å². The van der Waals surface area contributed by atoms with E-state index in [-0.39, 0.29) is 11.8 Å². The van der Waals surface area contributed by atoms with Crippen LogP contribution in [0.15, 0.2) is 18.2 Å². The first kappa shape index (κ1) is 12.5. The van der Waals surface area contributed by atoms with Crippen molar-refractivity contribution < 1.29 is 9.53 Å². The summed E-state index contributed by atoms with van der Waals surface area (Å²) in [4.78, 5) is 13.5. The monoisotopic (exact) mass is 273 g/mol. The summed E-state index contributed by atoms with van der Waals surface area (Å²) in [7, 11) is 1.58. The second-order valence-corrected chi connectivity index (χ2v) is 4.76. The Bertz CT molecular complexity index is 437. The van der Waals surface area contributed by atoms with Gasteiger partial charge in [-0.2, -0.15) is 0 Å². The van der Waals surface area contributed by atoms with E-state index in [4.69, 9.17) is 27.9 Å². The average molecular weight is 274 g/mol. The quantitative estimate of drug-likeness (QED) is 0.793. The van der Waals surface area contributed by atoms with Gasteiger partial charge in [-0.25, -0.2) is 0 Å². The van der Waals surface area contributed by atoms with Crippen molar-refractivity contribution in [1.82, 2.24) is 0 Å². The molecule has 1 unspecified atom stereocenters. The minimum Gasteiger partial charge on any atom is -0.497 e. The van der Waals surface area contributed by atoms with Crippen LogP contribution in [0.5, 0.6) is 5.75 Å². The number of methoxy groups -OCH3 is 1. The van der Waals surface area contributed by atoms with Crippen LogP contribution in [0.1, 0.15) is 6.42 Å². The molecule has 1 fully saturated rings. The van der Waals surface area contributed by atoms with E-state index in [1.54, 1.807) is 30.2 Å². The van der Waals surface area contributed by atoms with Crippen molar-refractivity contribution in [3.05, 3.63) is 23.2 Å². The molecule has 0 spiro atoms. The average Bonchev–Trinajstić information content (AvgIpc) is 2.71. The number of carbonyl (C=O) groups excluding carboxylic acids is 1. The van der Waals surface area contributed by atoms with Crippen LogP contribution in [-0.4, -0.2) is 25.4 Å². The molecule has 1 aliphatic rings. The summed E-state index contributed by atoms with van der Waals surface area (Å²) in [5, 5.41) is 0.550. The molecule has 0 aromatic heterocycles. The molecule has 0 N–H and O–H groups in total. The van der Waals surface area contributed by atoms with Gasteiger partial charge < -0.3 is 9.64 Å². The molecule has 17 heavy (non-hydrogen) atoms. The van der Waals surface area contributed by atoms with Crippen LogP contribution >= 0.6 is 23.2 Å². The molecule has 92 valence electrons. The summed E-state index contributed by atoms with van der Waals surface area (Å²) < 4.78 is 5.14. The third kappa shape index (κ3) is 2.50. The Morgan fingerprint density at radius 2 is 2.29 bits per heavy atom. The molecule has 1 amide bonds. The predicted molar refractivity (Wildman–Crippen MR) is 69.2 cm³/mol. The van der Waals surface area contributed by atoms with Crippen LogP contribution in [0.25, 0.3) is 0 Å². The number of halogens is 2. The van der Waals surface area contributed by atoms with Gasteiger partial charge in [0.25, 0.3) is 0 Å². The maximum Gasteiger partial charge on any atom is 0.227 e. The van der Waals surface area contributed by atoms with E-state index in [2.05, 4.69) is 0 Å². The molecular formula is C12H13Cl2NO2. The van der Waals surface area contributed by atoms with Gasteiger partial charge in [0, 0.05) is 24.9 Å². The van der Waals surface area contributed by atoms with Gasteiger partial charge in [0.1, 0.15) is 5.75 Å². The molecule has 3 nitrogen and oxygen atoms in total. The lowest BCUT2D eigenvalue weighted by atomic mass is 10.1. The molecule has 1 aromatic rings. The van der Waals surface area contributed by atoms with Crippen LogP contribution in [0.3, 0.4) is 0 Å². The SMILES string of the molecule is COc1ccc(Cl)c(N2CC(CCl)CC2=O)c1. The molecule has 1 saturated heterocycles. The number of ether oxygens (including phenoxy) is 1. The third-order valence-electron chi connectivity index (χ3n) is 2.87. The summed E-state index contributed by atoms with van der Waals surface area (Å²) >= 11 is 11.9. The maximum atomic E-state index is 11.9. The van der Waals surface area contributed by atoms with Crippen LogP contribution in [0.4, 0.5) is 5.69 Å². The highest BCUT2D eigenvalue weighted by atomic mass is 35.5. The molecule has 0 radical (unpaired) electrons. The van der Waals surface area contributed by atoms with Crippen molar-refractivity contribution in [3.63, 3.8) is 0 Å². The summed E-state index contributed by atoms with van der Waals surface area (Å²) in [5.41, 5.74) is 0.698. The zero-order chi connectivity index (χ0) is 12.4. The molecule has 1 heterocycles. The van der Waals surface area contributed by atoms with E-state index in [1.807, 2.05) is 0 Å². The van der Waals surface area contributed by atoms with Gasteiger partial charge in [0.2, 0.25) is 5.91 Å². The molecule has 2 rings (SSSR count). The first-order valence-corrected chi connectivity index (χ1v) is 6.27. The molecule has 1 atom stereocenters. The number of alkyl halides is 1. The van der Waals surface area contributed by atoms with Crippen LogP contribution in [0, 0.1) is 5.92 Å². The highest BCUT2D eigenvalue weighted by Crippen LogP contribution is 2.34. The first-order chi connectivity index (χ1) is 8.15. The van der Waals surface area contributed by atoms with Crippen molar-refractivity contribution >= 4 is 34.8 Å². The second-order valence-electron chi connectivity index (χ2n) is 4.05. The minimum atomic E-state index is 0.0609. The predicted octanol–water partition coefficient (Wildman–Crippen LogP) is 2.94. The Morgan fingerprint density at radius 1 is 1.53 bits per heavy atom. The van der Waals surface area contributed by atoms with Crippen molar-refractivity contribution in [3.8, 4) is 5.75 Å². The normalized spacial score (nSPS) is 19.8. The first-order valence-electron chi connectivity index (χ1n) is 5.35. The fraction of sp³-hybridized carbons (Fsp3) is 0.417. The number of hydrogen-bond donors (Lipinski definition) is 0. The molecular weight excluding hydrogens is 261 g/mol. The van der Waals surface area contributed by atoms with E-state index < -0.39 is 0 Å². The molecule has 1 aromatic carbocycles. The zero-order valence-corrected chi connectivity index (χ0v) is 11.0. The largest absolute Gasteiger partial charge is 0.497 e. The van der Waals surface area contributed by atoms with Gasteiger partial charge >= 0.3 is 0 Å². The lowest BCUT2D eigenvalue weighted by Gasteiger charge is -2.18. The van der Waals surface area contributed by atoms with E-state index in [9.17, 15) is 4.79 Å². The summed E-state index contributed by atoms with van der Waals surface area (Å²) in [6.45, 7) is 0.620. The number of nitrogens with zero attached hydrogens (tertiary/aromatic N) is 1. The third-order valence-corrected chi connectivity index (χ3v) is 3.62. The standard InChI is InChI=1S/C12H13Cl2NO2/c1-17-9-2-3-10(14)11(5-9)15-7-8(6-13)4-12(15)16/h2-3,5,8H,4,6-7H2,1H3. The topological polar surface area (TPSA) is 29.5 Å². The lowest BCUT2D eigenvalue weighted by Crippen LogP contribution is -2.25. The molecule has 0 saturated carbocycles. The van der Waals surface area contributed by atoms with Crippen LogP contribution in [-0.2, 0) is 4.79 Å². The fourth-order valence-corrected chi connectivity index (χ4v) is 2.37. The maximum absolute atomic E-state index is 11.9. The van der Waals surface area contributed by atoms with Gasteiger partial charge in [-0.15, -0.1) is 11.6 Å². The summed E-state index contributed by atoms with van der Waals surface area (Å²) in [5.74, 6) is 1.44. The van der Waals surface area contributed by atoms with E-state index in [0.717, 1.165) is 0 Å². The number of carbonyl (C=O) groups is 1. The summed E-state index contributed by atoms with van der Waals surface area (Å²) in [6, 6.07) is 5.28. The number of rotatable bonds is 3. The van der Waals surface area contributed by atoms with Crippen molar-refractivity contribution in [2.75, 3.05) is 24.4 Å². The fourth-order valence-electron chi connectivity index (χ4n) is 1.94. The molecule has 0 aliphatic carbocycles. The van der Waals surface area contributed by atoms with E-state index in [1.165, 1.54) is 0 Å². The van der Waals surface area contributed by atoms with E-state index >= 15 is 0 Å². The van der Waals surface area contributed by atoms with Crippen molar-refractivity contribution in [2.24, 2.45) is 5.92 Å². The Labute approximate surface area is 110 Å². The van der Waals surface area contributed by atoms with Gasteiger partial charge in [0.15, 0.2) is 0 Å². The van der Waals surface area contributed by atoms with Crippen LogP contribution < -0.4 is 9.64 Å². The van der Waals surface area contributed by atoms with Crippen LogP contribution in [0.2, 0.25) is 5.02 Å². The summed E-state index contributed by atoms with van der Waals surface area (Å²) in [6.07, 6.45) is 0.483. The Hall–Kier alpha value is -0.930. The number of amides is 1. The highest BCUT2D eigenvalue weighted by molar-refractivity contribution is 6.34. The number of benzene rings is 1.